The highest BCUT2D eigenvalue weighted by Gasteiger charge is 2.48. The molecule has 3 rings (SSSR count). The normalized spacial score (nSPS) is 18.4. The van der Waals surface area contributed by atoms with Gasteiger partial charge in [-0.1, -0.05) is 6.92 Å². The number of nitrogens with zero attached hydrogens (tertiary/aromatic N) is 2. The Bertz CT molecular complexity index is 891. The molecule has 1 aromatic rings. The Kier molecular flexibility index (Phi) is 5.93. The predicted molar refractivity (Wildman–Crippen MR) is 104 cm³/mol. The number of urea groups is 1. The molecule has 2 heterocycles. The predicted octanol–water partition coefficient (Wildman–Crippen LogP) is 1.87. The van der Waals surface area contributed by atoms with Crippen LogP contribution in [-0.4, -0.2) is 64.5 Å². The molecule has 2 aliphatic rings. The molecule has 1 unspecified atom stereocenters. The number of carbonyl (C=O) groups is 4. The second-order valence-electron chi connectivity index (χ2n) is 6.22. The molecule has 0 saturated heterocycles. The van der Waals surface area contributed by atoms with Crippen LogP contribution in [0, 0.1) is 0 Å². The van der Waals surface area contributed by atoms with Gasteiger partial charge in [-0.05, 0) is 42.2 Å². The van der Waals surface area contributed by atoms with Crippen molar-refractivity contribution in [1.82, 2.24) is 4.90 Å². The third-order valence-corrected chi connectivity index (χ3v) is 5.33. The van der Waals surface area contributed by atoms with Crippen LogP contribution < -0.4 is 5.32 Å². The van der Waals surface area contributed by atoms with Gasteiger partial charge in [0.15, 0.2) is 11.8 Å². The monoisotopic (exact) mass is 402 g/mol. The molecule has 0 aliphatic carbocycles. The van der Waals surface area contributed by atoms with Gasteiger partial charge in [0.25, 0.3) is 5.91 Å². The molecule has 0 radical (unpaired) electrons. The number of benzene rings is 1. The molecule has 0 saturated carbocycles. The number of hydrogen-bond donors (Lipinski definition) is 1. The van der Waals surface area contributed by atoms with Crippen LogP contribution in [0.5, 0.6) is 0 Å². The molecule has 8 nitrogen and oxygen atoms in total. The van der Waals surface area contributed by atoms with E-state index in [1.165, 1.54) is 40.5 Å². The third kappa shape index (κ3) is 3.84. The van der Waals surface area contributed by atoms with Crippen LogP contribution >= 0.6 is 11.8 Å². The quantitative estimate of drug-likeness (QED) is 0.576. The van der Waals surface area contributed by atoms with E-state index in [1.807, 2.05) is 6.92 Å². The van der Waals surface area contributed by atoms with Gasteiger partial charge in [0.1, 0.15) is 5.71 Å². The summed E-state index contributed by atoms with van der Waals surface area (Å²) < 4.78 is 5.98. The molecular formula is C19H20N3O5S+. The highest BCUT2D eigenvalue weighted by atomic mass is 32.2. The topological polar surface area (TPSA) is 95.8 Å². The van der Waals surface area contributed by atoms with Gasteiger partial charge in [-0.15, -0.1) is 11.8 Å². The van der Waals surface area contributed by atoms with E-state index < -0.39 is 23.2 Å². The Morgan fingerprint density at radius 2 is 1.96 bits per heavy atom. The summed E-state index contributed by atoms with van der Waals surface area (Å²) in [5, 5.41) is 3.97. The van der Waals surface area contributed by atoms with E-state index in [0.717, 1.165) is 0 Å². The molecule has 4 amide bonds. The summed E-state index contributed by atoms with van der Waals surface area (Å²) in [5.74, 6) is -1.11. The second-order valence-corrected chi connectivity index (χ2v) is 7.24. The maximum absolute atomic E-state index is 12.7. The van der Waals surface area contributed by atoms with Gasteiger partial charge >= 0.3 is 17.9 Å². The van der Waals surface area contributed by atoms with E-state index in [0.29, 0.717) is 29.9 Å². The lowest BCUT2D eigenvalue weighted by molar-refractivity contribution is -0.425. The average Bonchev–Trinajstić information content (AvgIpc) is 3.18. The number of ether oxygens (including phenoxy) is 1. The molecule has 146 valence electrons. The number of carbonyl (C=O) groups excluding carboxylic acids is 4. The molecule has 0 bridgehead atoms. The zero-order valence-electron chi connectivity index (χ0n) is 15.5. The Hall–Kier alpha value is -2.94. The number of allylic oxidation sites excluding steroid dienone is 1. The number of nitrogens with one attached hydrogen (secondary N) is 1. The molecule has 9 heteroatoms. The Labute approximate surface area is 166 Å². The van der Waals surface area contributed by atoms with E-state index >= 15 is 0 Å². The van der Waals surface area contributed by atoms with Crippen molar-refractivity contribution in [3.63, 3.8) is 0 Å². The molecule has 28 heavy (non-hydrogen) atoms. The first-order valence-corrected chi connectivity index (χ1v) is 9.70. The van der Waals surface area contributed by atoms with Crippen LogP contribution in [0.2, 0.25) is 0 Å². The van der Waals surface area contributed by atoms with Crippen molar-refractivity contribution < 1.29 is 28.5 Å². The fourth-order valence-electron chi connectivity index (χ4n) is 2.99. The van der Waals surface area contributed by atoms with Crippen LogP contribution in [0.25, 0.3) is 0 Å². The number of amides is 4. The number of methoxy groups -OCH3 is 1. The summed E-state index contributed by atoms with van der Waals surface area (Å²) in [6, 6.07) is 5.75. The number of esters is 1. The standard InChI is InChI=1S/C19H19N3O5S/c1-3-9-21-17(24)16-14(8-10-28-16)22(19(21)26)11-15(23)20-13-6-4-12(5-7-13)18(25)27-2/h4-8,10,16H,3,9,11H2,1-2H3/p+1. The molecule has 2 aliphatic heterocycles. The number of thioether (sulfide) groups is 1. The van der Waals surface area contributed by atoms with E-state index in [1.54, 1.807) is 23.6 Å². The molecule has 0 spiro atoms. The van der Waals surface area contributed by atoms with Crippen LogP contribution in [0.1, 0.15) is 23.7 Å². The van der Waals surface area contributed by atoms with E-state index in [2.05, 4.69) is 10.1 Å². The van der Waals surface area contributed by atoms with Crippen molar-refractivity contribution in [2.24, 2.45) is 0 Å². The molecular weight excluding hydrogens is 382 g/mol. The largest absolute Gasteiger partial charge is 0.501 e. The smallest absolute Gasteiger partial charge is 0.465 e. The minimum atomic E-state index is -0.489. The van der Waals surface area contributed by atoms with Gasteiger partial charge in [0.05, 0.1) is 19.2 Å². The van der Waals surface area contributed by atoms with E-state index in [9.17, 15) is 19.2 Å². The molecule has 1 aromatic carbocycles. The van der Waals surface area contributed by atoms with E-state index in [4.69, 9.17) is 0 Å². The van der Waals surface area contributed by atoms with Crippen molar-refractivity contribution >= 4 is 47.0 Å². The highest BCUT2D eigenvalue weighted by Crippen LogP contribution is 2.27. The summed E-state index contributed by atoms with van der Waals surface area (Å²) >= 11 is 1.33. The van der Waals surface area contributed by atoms with Gasteiger partial charge < -0.3 is 10.1 Å². The summed E-state index contributed by atoms with van der Waals surface area (Å²) in [7, 11) is 1.29. The first kappa shape index (κ1) is 19.8. The van der Waals surface area contributed by atoms with Gasteiger partial charge in [-0.2, -0.15) is 14.3 Å². The summed E-state index contributed by atoms with van der Waals surface area (Å²) in [4.78, 5) is 50.4. The lowest BCUT2D eigenvalue weighted by Crippen LogP contribution is -2.56. The van der Waals surface area contributed by atoms with Gasteiger partial charge in [-0.3, -0.25) is 4.79 Å². The number of rotatable bonds is 6. The lowest BCUT2D eigenvalue weighted by Gasteiger charge is -2.23. The zero-order valence-corrected chi connectivity index (χ0v) is 16.3. The van der Waals surface area contributed by atoms with Crippen LogP contribution in [0.3, 0.4) is 0 Å². The number of imide groups is 1. The van der Waals surface area contributed by atoms with Crippen LogP contribution in [0.15, 0.2) is 35.7 Å². The third-order valence-electron chi connectivity index (χ3n) is 4.32. The summed E-state index contributed by atoms with van der Waals surface area (Å²) in [5.41, 5.74) is 1.39. The fourth-order valence-corrected chi connectivity index (χ4v) is 3.96. The maximum atomic E-state index is 12.7. The Morgan fingerprint density at radius 1 is 1.25 bits per heavy atom. The number of fused-ring (bicyclic) bond motifs is 1. The molecule has 1 atom stereocenters. The van der Waals surface area contributed by atoms with Gasteiger partial charge in [0, 0.05) is 5.69 Å². The number of anilines is 1. The van der Waals surface area contributed by atoms with Crippen molar-refractivity contribution in [3.05, 3.63) is 41.3 Å². The van der Waals surface area contributed by atoms with Gasteiger partial charge in [0.2, 0.25) is 0 Å². The molecule has 1 N–H and O–H groups in total. The highest BCUT2D eigenvalue weighted by molar-refractivity contribution is 8.04. The van der Waals surface area contributed by atoms with Crippen molar-refractivity contribution in [1.29, 1.82) is 0 Å². The van der Waals surface area contributed by atoms with Crippen molar-refractivity contribution in [2.45, 2.75) is 18.6 Å². The Morgan fingerprint density at radius 3 is 2.61 bits per heavy atom. The SMILES string of the molecule is CCCN1C(=O)C2SC=CC2=[N+](CC(=O)Nc2ccc(C(=O)OC)cc2)C1=O. The summed E-state index contributed by atoms with van der Waals surface area (Å²) in [6.07, 6.45) is 2.34. The van der Waals surface area contributed by atoms with Crippen molar-refractivity contribution in [2.75, 3.05) is 25.5 Å². The van der Waals surface area contributed by atoms with Crippen molar-refractivity contribution in [3.8, 4) is 0 Å². The molecule has 0 fully saturated rings. The van der Waals surface area contributed by atoms with Gasteiger partial charge in [-0.25, -0.2) is 9.59 Å². The van der Waals surface area contributed by atoms with Crippen LogP contribution in [-0.2, 0) is 14.3 Å². The first-order valence-electron chi connectivity index (χ1n) is 8.76. The number of hydrogen-bond acceptors (Lipinski definition) is 6. The Balaban J connectivity index is 1.76. The first-order chi connectivity index (χ1) is 13.5. The minimum Gasteiger partial charge on any atom is -0.465 e. The average molecular weight is 402 g/mol. The second kappa shape index (κ2) is 8.39. The molecule has 0 aromatic heterocycles. The zero-order chi connectivity index (χ0) is 20.3. The summed E-state index contributed by atoms with van der Waals surface area (Å²) in [6.45, 7) is 1.99. The minimum absolute atomic E-state index is 0.207. The lowest BCUT2D eigenvalue weighted by atomic mass is 10.1. The fraction of sp³-hybridized carbons (Fsp3) is 0.316. The maximum Gasteiger partial charge on any atom is 0.501 e. The van der Waals surface area contributed by atoms with Crippen LogP contribution in [0.4, 0.5) is 10.5 Å². The van der Waals surface area contributed by atoms with E-state index in [-0.39, 0.29) is 12.5 Å².